The first kappa shape index (κ1) is 15.1. The van der Waals surface area contributed by atoms with E-state index in [9.17, 15) is 9.18 Å². The first-order chi connectivity index (χ1) is 10.6. The SMILES string of the molecule is CCC12COC(=O)N1CCN(Cc1ccc(OC)cc1F)C2. The van der Waals surface area contributed by atoms with E-state index in [1.165, 1.54) is 13.2 Å². The Balaban J connectivity index is 1.73. The summed E-state index contributed by atoms with van der Waals surface area (Å²) in [7, 11) is 1.52. The van der Waals surface area contributed by atoms with Crippen LogP contribution in [-0.4, -0.2) is 54.8 Å². The molecule has 0 spiro atoms. The molecule has 2 fully saturated rings. The van der Waals surface area contributed by atoms with Crippen LogP contribution in [0.3, 0.4) is 0 Å². The molecule has 0 radical (unpaired) electrons. The van der Waals surface area contributed by atoms with Crippen molar-refractivity contribution in [1.82, 2.24) is 9.80 Å². The van der Waals surface area contributed by atoms with Crippen LogP contribution < -0.4 is 4.74 Å². The van der Waals surface area contributed by atoms with Gasteiger partial charge < -0.3 is 9.47 Å². The maximum Gasteiger partial charge on any atom is 0.410 e. The molecule has 0 saturated carbocycles. The summed E-state index contributed by atoms with van der Waals surface area (Å²) in [5.74, 6) is 0.261. The molecule has 3 rings (SSSR count). The van der Waals surface area contributed by atoms with E-state index in [0.29, 0.717) is 37.6 Å². The highest BCUT2D eigenvalue weighted by molar-refractivity contribution is 5.71. The Kier molecular flexibility index (Phi) is 3.95. The van der Waals surface area contributed by atoms with Crippen LogP contribution in [0.5, 0.6) is 5.75 Å². The summed E-state index contributed by atoms with van der Waals surface area (Å²) in [4.78, 5) is 15.8. The highest BCUT2D eigenvalue weighted by atomic mass is 19.1. The summed E-state index contributed by atoms with van der Waals surface area (Å²) in [5.41, 5.74) is 0.379. The average molecular weight is 308 g/mol. The van der Waals surface area contributed by atoms with Gasteiger partial charge in [0.2, 0.25) is 0 Å². The van der Waals surface area contributed by atoms with Gasteiger partial charge in [0.25, 0.3) is 0 Å². The molecule has 6 heteroatoms. The van der Waals surface area contributed by atoms with Crippen LogP contribution in [0.2, 0.25) is 0 Å². The van der Waals surface area contributed by atoms with Crippen molar-refractivity contribution < 1.29 is 18.7 Å². The zero-order chi connectivity index (χ0) is 15.7. The minimum absolute atomic E-state index is 0.225. The molecular weight excluding hydrogens is 287 g/mol. The number of benzene rings is 1. The number of hydrogen-bond acceptors (Lipinski definition) is 4. The molecule has 2 aliphatic rings. The van der Waals surface area contributed by atoms with Gasteiger partial charge in [-0.25, -0.2) is 9.18 Å². The van der Waals surface area contributed by atoms with Gasteiger partial charge in [-0.05, 0) is 12.5 Å². The second-order valence-corrected chi connectivity index (χ2v) is 5.95. The lowest BCUT2D eigenvalue weighted by molar-refractivity contribution is 0.0444. The van der Waals surface area contributed by atoms with Crippen LogP contribution in [0.15, 0.2) is 18.2 Å². The Morgan fingerprint density at radius 3 is 2.91 bits per heavy atom. The number of carbonyl (C=O) groups excluding carboxylic acids is 1. The predicted molar refractivity (Wildman–Crippen MR) is 79.3 cm³/mol. The van der Waals surface area contributed by atoms with Crippen LogP contribution in [0, 0.1) is 5.82 Å². The van der Waals surface area contributed by atoms with Crippen molar-refractivity contribution >= 4 is 6.09 Å². The van der Waals surface area contributed by atoms with E-state index < -0.39 is 0 Å². The Morgan fingerprint density at radius 2 is 2.23 bits per heavy atom. The Labute approximate surface area is 129 Å². The Morgan fingerprint density at radius 1 is 1.41 bits per heavy atom. The fourth-order valence-corrected chi connectivity index (χ4v) is 3.31. The van der Waals surface area contributed by atoms with Crippen LogP contribution in [0.25, 0.3) is 0 Å². The number of cyclic esters (lactones) is 1. The van der Waals surface area contributed by atoms with E-state index in [1.54, 1.807) is 12.1 Å². The Bertz CT molecular complexity index is 581. The molecule has 0 aliphatic carbocycles. The summed E-state index contributed by atoms with van der Waals surface area (Å²) in [6.45, 7) is 5.07. The maximum absolute atomic E-state index is 14.1. The summed E-state index contributed by atoms with van der Waals surface area (Å²) in [6, 6.07) is 4.94. The standard InChI is InChI=1S/C16H21FN2O3/c1-3-16-10-18(6-7-19(16)15(20)22-11-16)9-12-4-5-13(21-2)8-14(12)17/h4-5,8H,3,6-7,9-11H2,1-2H3. The second-order valence-electron chi connectivity index (χ2n) is 5.95. The molecule has 1 aromatic carbocycles. The highest BCUT2D eigenvalue weighted by Gasteiger charge is 2.49. The third-order valence-electron chi connectivity index (χ3n) is 4.73. The monoisotopic (exact) mass is 308 g/mol. The molecule has 1 atom stereocenters. The molecule has 1 aromatic rings. The quantitative estimate of drug-likeness (QED) is 0.855. The zero-order valence-corrected chi connectivity index (χ0v) is 13.0. The molecule has 1 amide bonds. The van der Waals surface area contributed by atoms with Crippen molar-refractivity contribution in [3.05, 3.63) is 29.6 Å². The molecule has 0 N–H and O–H groups in total. The second kappa shape index (κ2) is 5.76. The van der Waals surface area contributed by atoms with Crippen molar-refractivity contribution in [3.8, 4) is 5.75 Å². The number of fused-ring (bicyclic) bond motifs is 1. The van der Waals surface area contributed by atoms with Crippen LogP contribution in [0.4, 0.5) is 9.18 Å². The zero-order valence-electron chi connectivity index (χ0n) is 13.0. The smallest absolute Gasteiger partial charge is 0.410 e. The summed E-state index contributed by atoms with van der Waals surface area (Å²) in [5, 5.41) is 0. The van der Waals surface area contributed by atoms with E-state index in [2.05, 4.69) is 11.8 Å². The van der Waals surface area contributed by atoms with Crippen molar-refractivity contribution in [2.45, 2.75) is 25.4 Å². The molecule has 0 aromatic heterocycles. The van der Waals surface area contributed by atoms with Gasteiger partial charge in [-0.3, -0.25) is 9.80 Å². The van der Waals surface area contributed by atoms with Gasteiger partial charge in [-0.1, -0.05) is 13.0 Å². The number of rotatable bonds is 4. The third kappa shape index (κ3) is 2.52. The summed E-state index contributed by atoms with van der Waals surface area (Å²) >= 11 is 0. The number of methoxy groups -OCH3 is 1. The average Bonchev–Trinajstić information content (AvgIpc) is 2.86. The van der Waals surface area contributed by atoms with Gasteiger partial charge in [0.15, 0.2) is 0 Å². The Hall–Kier alpha value is -1.82. The molecular formula is C16H21FN2O3. The summed E-state index contributed by atoms with van der Waals surface area (Å²) in [6.07, 6.45) is 0.609. The van der Waals surface area contributed by atoms with Gasteiger partial charge in [-0.15, -0.1) is 0 Å². The number of piperazine rings is 1. The lowest BCUT2D eigenvalue weighted by Crippen LogP contribution is -2.60. The summed E-state index contributed by atoms with van der Waals surface area (Å²) < 4.78 is 24.3. The van der Waals surface area contributed by atoms with Gasteiger partial charge in [0, 0.05) is 37.8 Å². The van der Waals surface area contributed by atoms with Crippen LogP contribution >= 0.6 is 0 Å². The fraction of sp³-hybridized carbons (Fsp3) is 0.562. The number of hydrogen-bond donors (Lipinski definition) is 0. The molecule has 22 heavy (non-hydrogen) atoms. The van der Waals surface area contributed by atoms with Crippen LogP contribution in [-0.2, 0) is 11.3 Å². The first-order valence-electron chi connectivity index (χ1n) is 7.57. The first-order valence-corrected chi connectivity index (χ1v) is 7.57. The van der Waals surface area contributed by atoms with E-state index in [0.717, 1.165) is 13.0 Å². The predicted octanol–water partition coefficient (Wildman–Crippen LogP) is 2.25. The number of ether oxygens (including phenoxy) is 2. The molecule has 2 aliphatic heterocycles. The van der Waals surface area contributed by atoms with E-state index >= 15 is 0 Å². The minimum atomic E-state index is -0.266. The van der Waals surface area contributed by atoms with Gasteiger partial charge in [0.05, 0.1) is 12.6 Å². The highest BCUT2D eigenvalue weighted by Crippen LogP contribution is 2.32. The van der Waals surface area contributed by atoms with Crippen molar-refractivity contribution in [3.63, 3.8) is 0 Å². The molecule has 2 saturated heterocycles. The number of carbonyl (C=O) groups is 1. The molecule has 0 bridgehead atoms. The minimum Gasteiger partial charge on any atom is -0.497 e. The van der Waals surface area contributed by atoms with Crippen LogP contribution in [0.1, 0.15) is 18.9 Å². The van der Waals surface area contributed by atoms with E-state index in [1.807, 2.05) is 4.90 Å². The number of amides is 1. The van der Waals surface area contributed by atoms with Gasteiger partial charge in [0.1, 0.15) is 18.2 Å². The van der Waals surface area contributed by atoms with Gasteiger partial charge >= 0.3 is 6.09 Å². The van der Waals surface area contributed by atoms with Gasteiger partial charge in [-0.2, -0.15) is 0 Å². The van der Waals surface area contributed by atoms with E-state index in [-0.39, 0.29) is 17.4 Å². The lowest BCUT2D eigenvalue weighted by atomic mass is 9.92. The maximum atomic E-state index is 14.1. The fourth-order valence-electron chi connectivity index (χ4n) is 3.31. The topological polar surface area (TPSA) is 42.0 Å². The molecule has 2 heterocycles. The molecule has 120 valence electrons. The number of halogens is 1. The van der Waals surface area contributed by atoms with E-state index in [4.69, 9.17) is 9.47 Å². The molecule has 1 unspecified atom stereocenters. The lowest BCUT2D eigenvalue weighted by Gasteiger charge is -2.44. The van der Waals surface area contributed by atoms with Crippen molar-refractivity contribution in [2.24, 2.45) is 0 Å². The normalized spacial score (nSPS) is 25.0. The number of nitrogens with zero attached hydrogens (tertiary/aromatic N) is 2. The third-order valence-corrected chi connectivity index (χ3v) is 4.73. The van der Waals surface area contributed by atoms with Crippen molar-refractivity contribution in [1.29, 1.82) is 0 Å². The molecule has 5 nitrogen and oxygen atoms in total. The van der Waals surface area contributed by atoms with Crippen molar-refractivity contribution in [2.75, 3.05) is 33.4 Å². The largest absolute Gasteiger partial charge is 0.497 e.